The summed E-state index contributed by atoms with van der Waals surface area (Å²) < 4.78 is 22.7. The van der Waals surface area contributed by atoms with E-state index in [1.165, 1.54) is 0 Å². The van der Waals surface area contributed by atoms with E-state index in [4.69, 9.17) is 9.47 Å². The third-order valence-electron chi connectivity index (χ3n) is 4.99. The Kier molecular flexibility index (Phi) is 7.71. The minimum absolute atomic E-state index is 0.201. The van der Waals surface area contributed by atoms with Gasteiger partial charge in [-0.25, -0.2) is 4.79 Å². The Hall–Kier alpha value is -1.56. The van der Waals surface area contributed by atoms with Crippen LogP contribution in [0.3, 0.4) is 0 Å². The molecule has 1 aliphatic heterocycles. The number of hydrogen-bond acceptors (Lipinski definition) is 4. The predicted octanol–water partition coefficient (Wildman–Crippen LogP) is 4.48. The first-order valence-corrected chi connectivity index (χ1v) is 11.3. The van der Waals surface area contributed by atoms with E-state index >= 15 is 0 Å². The average molecular weight is 396 g/mol. The fourth-order valence-electron chi connectivity index (χ4n) is 3.30. The van der Waals surface area contributed by atoms with E-state index in [2.05, 4.69) is 6.92 Å². The summed E-state index contributed by atoms with van der Waals surface area (Å²) in [6.07, 6.45) is 4.48. The van der Waals surface area contributed by atoms with E-state index in [9.17, 15) is 9.00 Å². The smallest absolute Gasteiger partial charge is 0.410 e. The van der Waals surface area contributed by atoms with Crippen molar-refractivity contribution in [1.29, 1.82) is 0 Å². The number of carbonyl (C=O) groups excluding carboxylic acids is 1. The molecule has 152 valence electrons. The number of benzene rings is 1. The zero-order valence-corrected chi connectivity index (χ0v) is 18.0. The molecule has 1 heterocycles. The largest absolute Gasteiger partial charge is 0.494 e. The number of carbonyl (C=O) groups is 1. The molecule has 1 aliphatic rings. The van der Waals surface area contributed by atoms with Crippen molar-refractivity contribution < 1.29 is 18.5 Å². The lowest BCUT2D eigenvalue weighted by atomic mass is 9.84. The van der Waals surface area contributed by atoms with Crippen molar-refractivity contribution in [1.82, 2.24) is 4.90 Å². The highest BCUT2D eigenvalue weighted by atomic mass is 32.2. The first-order valence-electron chi connectivity index (χ1n) is 9.70. The molecule has 1 saturated heterocycles. The fourth-order valence-corrected chi connectivity index (χ4v) is 3.82. The molecule has 1 aromatic carbocycles. The molecule has 6 heteroatoms. The molecule has 2 atom stereocenters. The van der Waals surface area contributed by atoms with E-state index in [0.717, 1.165) is 43.0 Å². The molecule has 1 fully saturated rings. The van der Waals surface area contributed by atoms with Gasteiger partial charge in [0.1, 0.15) is 11.4 Å². The summed E-state index contributed by atoms with van der Waals surface area (Å²) >= 11 is 0. The molecule has 2 rings (SSSR count). The van der Waals surface area contributed by atoms with Crippen LogP contribution in [-0.2, 0) is 15.5 Å². The highest BCUT2D eigenvalue weighted by Crippen LogP contribution is 2.28. The Morgan fingerprint density at radius 3 is 2.33 bits per heavy atom. The van der Waals surface area contributed by atoms with Gasteiger partial charge in [-0.05, 0) is 76.1 Å². The lowest BCUT2D eigenvalue weighted by molar-refractivity contribution is 0.0158. The summed E-state index contributed by atoms with van der Waals surface area (Å²) in [6.45, 7) is 10.2. The topological polar surface area (TPSA) is 55.8 Å². The number of hydrogen-bond donors (Lipinski definition) is 0. The molecule has 0 radical (unpaired) electrons. The highest BCUT2D eigenvalue weighted by Gasteiger charge is 2.29. The number of nitrogens with zero attached hydrogens (tertiary/aromatic N) is 1. The van der Waals surface area contributed by atoms with Crippen LogP contribution in [0, 0.1) is 11.8 Å². The molecular formula is C21H33NO4S. The molecule has 5 nitrogen and oxygen atoms in total. The van der Waals surface area contributed by atoms with Gasteiger partial charge in [-0.3, -0.25) is 4.21 Å². The summed E-state index contributed by atoms with van der Waals surface area (Å²) in [5.74, 6) is 1.97. The third-order valence-corrected chi connectivity index (χ3v) is 5.93. The normalized spacial score (nSPS) is 18.0. The van der Waals surface area contributed by atoms with Crippen LogP contribution in [0.5, 0.6) is 5.75 Å². The van der Waals surface area contributed by atoms with Crippen LogP contribution in [0.25, 0.3) is 0 Å². The van der Waals surface area contributed by atoms with Gasteiger partial charge < -0.3 is 14.4 Å². The first-order chi connectivity index (χ1) is 12.7. The van der Waals surface area contributed by atoms with Crippen molar-refractivity contribution >= 4 is 16.9 Å². The van der Waals surface area contributed by atoms with Crippen molar-refractivity contribution in [2.75, 3.05) is 26.0 Å². The van der Waals surface area contributed by atoms with Crippen LogP contribution < -0.4 is 4.74 Å². The third kappa shape index (κ3) is 7.17. The summed E-state index contributed by atoms with van der Waals surface area (Å²) in [4.78, 5) is 14.8. The summed E-state index contributed by atoms with van der Waals surface area (Å²) in [7, 11) is -0.958. The Labute approximate surface area is 165 Å². The van der Waals surface area contributed by atoms with Gasteiger partial charge in [0.2, 0.25) is 0 Å². The molecule has 0 aromatic heterocycles. The van der Waals surface area contributed by atoms with Crippen molar-refractivity contribution in [3.05, 3.63) is 24.3 Å². The lowest BCUT2D eigenvalue weighted by Gasteiger charge is -2.35. The van der Waals surface area contributed by atoms with Gasteiger partial charge in [-0.2, -0.15) is 0 Å². The zero-order chi connectivity index (χ0) is 20.0. The second-order valence-electron chi connectivity index (χ2n) is 8.34. The molecular weight excluding hydrogens is 362 g/mol. The molecule has 27 heavy (non-hydrogen) atoms. The highest BCUT2D eigenvalue weighted by molar-refractivity contribution is 7.84. The number of likely N-dealkylation sites (tertiary alicyclic amines) is 1. The number of piperidine rings is 1. The van der Waals surface area contributed by atoms with Gasteiger partial charge in [-0.15, -0.1) is 0 Å². The maximum atomic E-state index is 12.1. The maximum Gasteiger partial charge on any atom is 0.410 e. The average Bonchev–Trinajstić information content (AvgIpc) is 2.60. The van der Waals surface area contributed by atoms with E-state index in [-0.39, 0.29) is 6.09 Å². The van der Waals surface area contributed by atoms with E-state index in [0.29, 0.717) is 18.4 Å². The second-order valence-corrected chi connectivity index (χ2v) is 9.72. The summed E-state index contributed by atoms with van der Waals surface area (Å²) in [5.41, 5.74) is -0.442. The minimum Gasteiger partial charge on any atom is -0.494 e. The quantitative estimate of drug-likeness (QED) is 0.713. The van der Waals surface area contributed by atoms with Crippen molar-refractivity contribution in [3.63, 3.8) is 0 Å². The zero-order valence-electron chi connectivity index (χ0n) is 17.2. The first kappa shape index (κ1) is 21.7. The summed E-state index contributed by atoms with van der Waals surface area (Å²) in [5, 5.41) is 0. The Morgan fingerprint density at radius 1 is 1.22 bits per heavy atom. The van der Waals surface area contributed by atoms with Crippen LogP contribution in [0.2, 0.25) is 0 Å². The van der Waals surface area contributed by atoms with Crippen LogP contribution in [-0.4, -0.2) is 46.8 Å². The Morgan fingerprint density at radius 2 is 1.81 bits per heavy atom. The molecule has 1 aromatic rings. The van der Waals surface area contributed by atoms with E-state index in [1.807, 2.05) is 49.9 Å². The maximum absolute atomic E-state index is 12.1. The van der Waals surface area contributed by atoms with Gasteiger partial charge in [0.15, 0.2) is 0 Å². The van der Waals surface area contributed by atoms with Gasteiger partial charge in [0.05, 0.1) is 6.61 Å². The lowest BCUT2D eigenvalue weighted by Crippen LogP contribution is -2.42. The SMILES string of the molecule is CC(CCOc1ccc(S(C)=O)cc1)C1CCN(C(=O)OC(C)(C)C)CC1. The van der Waals surface area contributed by atoms with Gasteiger partial charge >= 0.3 is 6.09 Å². The van der Waals surface area contributed by atoms with Crippen molar-refractivity contribution in [3.8, 4) is 5.75 Å². The number of rotatable bonds is 6. The molecule has 0 spiro atoms. The van der Waals surface area contributed by atoms with Crippen LogP contribution in [0.4, 0.5) is 4.79 Å². The van der Waals surface area contributed by atoms with Crippen LogP contribution >= 0.6 is 0 Å². The summed E-state index contributed by atoms with van der Waals surface area (Å²) in [6, 6.07) is 7.45. The number of ether oxygens (including phenoxy) is 2. The van der Waals surface area contributed by atoms with Gasteiger partial charge in [0, 0.05) is 35.0 Å². The predicted molar refractivity (Wildman–Crippen MR) is 109 cm³/mol. The van der Waals surface area contributed by atoms with Crippen LogP contribution in [0.1, 0.15) is 47.0 Å². The number of amides is 1. The molecule has 2 unspecified atom stereocenters. The van der Waals surface area contributed by atoms with Crippen molar-refractivity contribution in [2.24, 2.45) is 11.8 Å². The van der Waals surface area contributed by atoms with Crippen molar-refractivity contribution in [2.45, 2.75) is 57.5 Å². The monoisotopic (exact) mass is 395 g/mol. The van der Waals surface area contributed by atoms with E-state index in [1.54, 1.807) is 6.26 Å². The second kappa shape index (κ2) is 9.58. The van der Waals surface area contributed by atoms with Gasteiger partial charge in [0.25, 0.3) is 0 Å². The Balaban J connectivity index is 1.70. The van der Waals surface area contributed by atoms with E-state index < -0.39 is 16.4 Å². The fraction of sp³-hybridized carbons (Fsp3) is 0.667. The van der Waals surface area contributed by atoms with Gasteiger partial charge in [-0.1, -0.05) is 6.92 Å². The molecule has 1 amide bonds. The molecule has 0 aliphatic carbocycles. The standard InChI is InChI=1S/C21H33NO4S/c1-16(12-15-25-18-6-8-19(9-7-18)27(5)24)17-10-13-22(14-11-17)20(23)26-21(2,3)4/h6-9,16-17H,10-15H2,1-5H3. The van der Waals surface area contributed by atoms with Crippen LogP contribution in [0.15, 0.2) is 29.2 Å². The Bertz CT molecular complexity index is 631. The molecule has 0 saturated carbocycles. The molecule has 0 bridgehead atoms. The molecule has 0 N–H and O–H groups in total. The minimum atomic E-state index is -0.958.